The number of imidazole rings is 1. The molecular formula is C25H19FN6O3S. The maximum absolute atomic E-state index is 14.8. The lowest BCUT2D eigenvalue weighted by molar-refractivity contribution is -0.123. The Labute approximate surface area is 208 Å². The van der Waals surface area contributed by atoms with Gasteiger partial charge in [0.2, 0.25) is 11.8 Å². The third kappa shape index (κ3) is 5.05. The van der Waals surface area contributed by atoms with Crippen LogP contribution >= 0.6 is 11.3 Å². The second kappa shape index (κ2) is 9.92. The molecule has 180 valence electrons. The number of nitrogens with one attached hydrogen (secondary N) is 2. The van der Waals surface area contributed by atoms with Crippen molar-refractivity contribution >= 4 is 44.7 Å². The quantitative estimate of drug-likeness (QED) is 0.303. The number of aromatic nitrogens is 4. The van der Waals surface area contributed by atoms with E-state index in [9.17, 15) is 14.0 Å². The summed E-state index contributed by atoms with van der Waals surface area (Å²) >= 11 is 1.45. The second-order valence-electron chi connectivity index (χ2n) is 7.75. The molecule has 5 rings (SSSR count). The molecule has 0 fully saturated rings. The number of hydrogen-bond donors (Lipinski definition) is 2. The molecule has 0 saturated carbocycles. The highest BCUT2D eigenvalue weighted by molar-refractivity contribution is 7.22. The molecule has 0 aliphatic rings. The number of rotatable bonds is 7. The fraction of sp³-hybridized carbons (Fsp3) is 0.0800. The van der Waals surface area contributed by atoms with Gasteiger partial charge in [0.05, 0.1) is 15.1 Å². The topological polar surface area (TPSA) is 111 Å². The number of hydrogen-bond acceptors (Lipinski definition) is 7. The molecule has 2 N–H and O–H groups in total. The summed E-state index contributed by atoms with van der Waals surface area (Å²) in [7, 11) is 1.90. The summed E-state index contributed by atoms with van der Waals surface area (Å²) in [6.45, 7) is 0. The smallest absolute Gasteiger partial charge is 0.233 e. The lowest BCUT2D eigenvalue weighted by atomic mass is 10.2. The summed E-state index contributed by atoms with van der Waals surface area (Å²) in [6, 6.07) is 10.9. The number of benzene rings is 1. The summed E-state index contributed by atoms with van der Waals surface area (Å²) in [5.74, 6) is -0.506. The Morgan fingerprint density at radius 2 is 1.72 bits per heavy atom. The van der Waals surface area contributed by atoms with Crippen LogP contribution in [-0.2, 0) is 16.6 Å². The zero-order valence-electron chi connectivity index (χ0n) is 18.9. The van der Waals surface area contributed by atoms with Gasteiger partial charge in [-0.15, -0.1) is 11.3 Å². The van der Waals surface area contributed by atoms with E-state index in [2.05, 4.69) is 25.6 Å². The van der Waals surface area contributed by atoms with Gasteiger partial charge in [-0.3, -0.25) is 19.6 Å². The molecule has 0 aliphatic carbocycles. The molecule has 0 saturated heterocycles. The molecule has 11 heteroatoms. The molecule has 4 heterocycles. The molecule has 1 aromatic carbocycles. The predicted molar refractivity (Wildman–Crippen MR) is 134 cm³/mol. The number of ether oxygens (including phenoxy) is 1. The van der Waals surface area contributed by atoms with Crippen molar-refractivity contribution in [2.24, 2.45) is 7.05 Å². The van der Waals surface area contributed by atoms with Crippen LogP contribution in [0, 0.1) is 5.82 Å². The van der Waals surface area contributed by atoms with Crippen LogP contribution in [0.1, 0.15) is 6.42 Å². The van der Waals surface area contributed by atoms with E-state index in [1.807, 2.05) is 23.9 Å². The zero-order chi connectivity index (χ0) is 25.1. The van der Waals surface area contributed by atoms with Gasteiger partial charge in [0, 0.05) is 61.5 Å². The van der Waals surface area contributed by atoms with E-state index in [0.717, 1.165) is 21.5 Å². The number of pyridine rings is 2. The number of nitrogens with zero attached hydrogens (tertiary/aromatic N) is 4. The number of aryl methyl sites for hydroxylation is 1. The summed E-state index contributed by atoms with van der Waals surface area (Å²) < 4.78 is 23.4. The summed E-state index contributed by atoms with van der Waals surface area (Å²) in [6.07, 6.45) is 7.79. The van der Waals surface area contributed by atoms with Crippen LogP contribution in [0.25, 0.3) is 20.9 Å². The number of fused-ring (bicyclic) bond motifs is 1. The van der Waals surface area contributed by atoms with Crippen molar-refractivity contribution in [1.82, 2.24) is 19.5 Å². The molecule has 0 radical (unpaired) electrons. The Kier molecular flexibility index (Phi) is 6.37. The van der Waals surface area contributed by atoms with Crippen molar-refractivity contribution in [2.75, 3.05) is 10.6 Å². The number of thiophene rings is 1. The van der Waals surface area contributed by atoms with Gasteiger partial charge < -0.3 is 19.9 Å². The molecule has 0 bridgehead atoms. The fourth-order valence-corrected chi connectivity index (χ4v) is 4.58. The van der Waals surface area contributed by atoms with Crippen molar-refractivity contribution in [3.05, 3.63) is 79.3 Å². The third-order valence-electron chi connectivity index (χ3n) is 5.14. The maximum atomic E-state index is 14.8. The third-order valence-corrected chi connectivity index (χ3v) is 6.27. The lowest BCUT2D eigenvalue weighted by Gasteiger charge is -2.10. The molecule has 0 aliphatic heterocycles. The van der Waals surface area contributed by atoms with Crippen molar-refractivity contribution < 1.29 is 18.7 Å². The molecule has 9 nitrogen and oxygen atoms in total. The van der Waals surface area contributed by atoms with Crippen LogP contribution in [0.3, 0.4) is 0 Å². The predicted octanol–water partition coefficient (Wildman–Crippen LogP) is 4.99. The van der Waals surface area contributed by atoms with Crippen molar-refractivity contribution in [2.45, 2.75) is 6.42 Å². The first-order valence-corrected chi connectivity index (χ1v) is 11.6. The van der Waals surface area contributed by atoms with E-state index >= 15 is 0 Å². The second-order valence-corrected chi connectivity index (χ2v) is 8.80. The Morgan fingerprint density at radius 1 is 0.944 bits per heavy atom. The zero-order valence-corrected chi connectivity index (χ0v) is 19.8. The van der Waals surface area contributed by atoms with Crippen LogP contribution in [-0.4, -0.2) is 31.3 Å². The molecule has 0 atom stereocenters. The first-order valence-electron chi connectivity index (χ1n) is 10.8. The normalized spacial score (nSPS) is 10.8. The minimum Gasteiger partial charge on any atom is -0.453 e. The van der Waals surface area contributed by atoms with E-state index in [1.54, 1.807) is 30.6 Å². The number of carbonyl (C=O) groups excluding carboxylic acids is 2. The van der Waals surface area contributed by atoms with Crippen molar-refractivity contribution in [1.29, 1.82) is 0 Å². The van der Waals surface area contributed by atoms with Gasteiger partial charge in [-0.25, -0.2) is 9.37 Å². The highest BCUT2D eigenvalue weighted by Gasteiger charge is 2.16. The molecule has 4 aromatic heterocycles. The number of amides is 2. The van der Waals surface area contributed by atoms with Gasteiger partial charge in [0.1, 0.15) is 18.0 Å². The Bertz CT molecular complexity index is 1570. The summed E-state index contributed by atoms with van der Waals surface area (Å²) in [5, 5.41) is 5.11. The largest absolute Gasteiger partial charge is 0.453 e. The van der Waals surface area contributed by atoms with E-state index < -0.39 is 24.1 Å². The van der Waals surface area contributed by atoms with Gasteiger partial charge in [-0.05, 0) is 30.3 Å². The van der Waals surface area contributed by atoms with Crippen LogP contribution in [0.2, 0.25) is 0 Å². The minimum absolute atomic E-state index is 0.0112. The minimum atomic E-state index is -0.667. The van der Waals surface area contributed by atoms with Gasteiger partial charge in [-0.2, -0.15) is 0 Å². The standard InChI is InChI=1S/C25H19FN6O3S/c1-32-11-10-29-25(32)21-13-18-24(36-21)20(6-9-28-18)35-19-3-2-16(12-17(19)26)31-23(34)14-22(33)30-15-4-7-27-8-5-15/h2-13H,14H2,1H3,(H,31,34)(H,27,30,33). The highest BCUT2D eigenvalue weighted by atomic mass is 32.1. The van der Waals surface area contributed by atoms with Gasteiger partial charge >= 0.3 is 0 Å². The SMILES string of the molecule is Cn1ccnc1-c1cc2nccc(Oc3ccc(NC(=O)CC(=O)Nc4ccncc4)cc3F)c2s1. The molecule has 2 amide bonds. The Hall–Kier alpha value is -4.64. The monoisotopic (exact) mass is 502 g/mol. The molecule has 5 aromatic rings. The number of carbonyl (C=O) groups is 2. The van der Waals surface area contributed by atoms with E-state index in [0.29, 0.717) is 17.0 Å². The van der Waals surface area contributed by atoms with E-state index in [-0.39, 0.29) is 11.4 Å². The molecule has 36 heavy (non-hydrogen) atoms. The highest BCUT2D eigenvalue weighted by Crippen LogP contribution is 2.39. The average molecular weight is 503 g/mol. The first-order chi connectivity index (χ1) is 17.5. The van der Waals surface area contributed by atoms with Gasteiger partial charge in [0.15, 0.2) is 11.6 Å². The number of anilines is 2. The fourth-order valence-electron chi connectivity index (χ4n) is 3.48. The van der Waals surface area contributed by atoms with Crippen LogP contribution in [0.4, 0.5) is 15.8 Å². The van der Waals surface area contributed by atoms with E-state index in [1.165, 1.54) is 35.9 Å². The molecular weight excluding hydrogens is 483 g/mol. The van der Waals surface area contributed by atoms with Crippen LogP contribution in [0.15, 0.2) is 73.4 Å². The van der Waals surface area contributed by atoms with Gasteiger partial charge in [-0.1, -0.05) is 0 Å². The lowest BCUT2D eigenvalue weighted by Crippen LogP contribution is -2.21. The molecule has 0 spiro atoms. The Balaban J connectivity index is 1.27. The summed E-state index contributed by atoms with van der Waals surface area (Å²) in [5.41, 5.74) is 1.44. The first kappa shape index (κ1) is 23.1. The maximum Gasteiger partial charge on any atom is 0.233 e. The van der Waals surface area contributed by atoms with Crippen LogP contribution in [0.5, 0.6) is 11.5 Å². The van der Waals surface area contributed by atoms with E-state index in [4.69, 9.17) is 4.74 Å². The average Bonchev–Trinajstić information content (AvgIpc) is 3.47. The summed E-state index contributed by atoms with van der Waals surface area (Å²) in [4.78, 5) is 37.8. The van der Waals surface area contributed by atoms with Crippen molar-refractivity contribution in [3.63, 3.8) is 0 Å². The molecule has 0 unspecified atom stereocenters. The number of halogens is 1. The Morgan fingerprint density at radius 3 is 2.44 bits per heavy atom. The van der Waals surface area contributed by atoms with Gasteiger partial charge in [0.25, 0.3) is 0 Å². The van der Waals surface area contributed by atoms with Crippen molar-refractivity contribution in [3.8, 4) is 22.2 Å². The van der Waals surface area contributed by atoms with Crippen LogP contribution < -0.4 is 15.4 Å².